The summed E-state index contributed by atoms with van der Waals surface area (Å²) < 4.78 is 51.7. The molecule has 134 valence electrons. The molecule has 0 radical (unpaired) electrons. The molecule has 0 aliphatic carbocycles. The van der Waals surface area contributed by atoms with Crippen molar-refractivity contribution in [1.29, 1.82) is 0 Å². The van der Waals surface area contributed by atoms with Crippen molar-refractivity contribution in [3.63, 3.8) is 0 Å². The highest BCUT2D eigenvalue weighted by Crippen LogP contribution is 2.27. The number of sulfonamides is 2. The largest absolute Gasteiger partial charge is 0.326 e. The molecule has 0 spiro atoms. The van der Waals surface area contributed by atoms with Crippen molar-refractivity contribution in [2.75, 3.05) is 25.4 Å². The minimum Gasteiger partial charge on any atom is -0.326 e. The van der Waals surface area contributed by atoms with E-state index in [1.807, 2.05) is 0 Å². The van der Waals surface area contributed by atoms with Gasteiger partial charge in [0.15, 0.2) is 0 Å². The molecule has 0 saturated carbocycles. The number of hydrogen-bond acceptors (Lipinski definition) is 6. The number of thiophene rings is 1. The van der Waals surface area contributed by atoms with E-state index in [1.165, 1.54) is 15.6 Å². The number of nitrogens with two attached hydrogens (primary N) is 1. The summed E-state index contributed by atoms with van der Waals surface area (Å²) in [5, 5.41) is 0. The lowest BCUT2D eigenvalue weighted by atomic mass is 10.3. The number of nitrogens with zero attached hydrogens (tertiary/aromatic N) is 1. The Kier molecular flexibility index (Phi) is 7.45. The third-order valence-corrected chi connectivity index (χ3v) is 8.37. The first-order valence-corrected chi connectivity index (χ1v) is 11.0. The first-order chi connectivity index (χ1) is 10.2. The molecular weight excluding hydrogens is 382 g/mol. The highest BCUT2D eigenvalue weighted by molar-refractivity contribution is 7.91. The summed E-state index contributed by atoms with van der Waals surface area (Å²) in [5.41, 5.74) is 5.76. The molecule has 1 aromatic rings. The molecule has 1 saturated heterocycles. The molecule has 0 bridgehead atoms. The Labute approximate surface area is 147 Å². The van der Waals surface area contributed by atoms with Gasteiger partial charge in [-0.25, -0.2) is 21.6 Å². The molecule has 1 aliphatic heterocycles. The Bertz CT molecular complexity index is 718. The van der Waals surface area contributed by atoms with Crippen LogP contribution in [-0.4, -0.2) is 52.6 Å². The fourth-order valence-electron chi connectivity index (χ4n) is 2.16. The lowest BCUT2D eigenvalue weighted by Crippen LogP contribution is -2.31. The van der Waals surface area contributed by atoms with Crippen molar-refractivity contribution in [1.82, 2.24) is 9.03 Å². The van der Waals surface area contributed by atoms with Crippen LogP contribution in [0.15, 0.2) is 16.3 Å². The van der Waals surface area contributed by atoms with Crippen molar-refractivity contribution in [3.05, 3.63) is 17.0 Å². The van der Waals surface area contributed by atoms with E-state index in [9.17, 15) is 16.8 Å². The van der Waals surface area contributed by atoms with Crippen molar-refractivity contribution < 1.29 is 16.8 Å². The fraction of sp³-hybridized carbons (Fsp3) is 0.667. The lowest BCUT2D eigenvalue weighted by molar-refractivity contribution is 0.474. The van der Waals surface area contributed by atoms with Crippen LogP contribution < -0.4 is 10.5 Å². The average Bonchev–Trinajstić information content (AvgIpc) is 3.08. The van der Waals surface area contributed by atoms with E-state index in [0.717, 1.165) is 4.88 Å². The van der Waals surface area contributed by atoms with Gasteiger partial charge in [-0.1, -0.05) is 0 Å². The van der Waals surface area contributed by atoms with E-state index in [4.69, 9.17) is 5.73 Å². The van der Waals surface area contributed by atoms with E-state index in [2.05, 4.69) is 4.72 Å². The van der Waals surface area contributed by atoms with Crippen molar-refractivity contribution in [3.8, 4) is 0 Å². The van der Waals surface area contributed by atoms with Gasteiger partial charge in [0.1, 0.15) is 4.21 Å². The van der Waals surface area contributed by atoms with Crippen LogP contribution in [0.5, 0.6) is 0 Å². The minimum absolute atomic E-state index is 0. The molecule has 1 atom stereocenters. The van der Waals surface area contributed by atoms with Gasteiger partial charge in [0.05, 0.1) is 5.75 Å². The lowest BCUT2D eigenvalue weighted by Gasteiger charge is -2.14. The number of hydrogen-bond donors (Lipinski definition) is 2. The van der Waals surface area contributed by atoms with E-state index >= 15 is 0 Å². The number of nitrogens with one attached hydrogen (secondary N) is 1. The third-order valence-electron chi connectivity index (χ3n) is 3.49. The molecule has 0 unspecified atom stereocenters. The Morgan fingerprint density at radius 2 is 2.04 bits per heavy atom. The van der Waals surface area contributed by atoms with Gasteiger partial charge in [-0.15, -0.1) is 23.7 Å². The van der Waals surface area contributed by atoms with Gasteiger partial charge in [-0.3, -0.25) is 0 Å². The summed E-state index contributed by atoms with van der Waals surface area (Å²) in [6, 6.07) is 3.21. The molecule has 1 fully saturated rings. The Morgan fingerprint density at radius 3 is 2.61 bits per heavy atom. The summed E-state index contributed by atoms with van der Waals surface area (Å²) in [6.45, 7) is 2.64. The van der Waals surface area contributed by atoms with Gasteiger partial charge >= 0.3 is 0 Å². The monoisotopic (exact) mass is 403 g/mol. The zero-order valence-electron chi connectivity index (χ0n) is 12.8. The average molecular weight is 404 g/mol. The van der Waals surface area contributed by atoms with Gasteiger partial charge in [-0.2, -0.15) is 4.31 Å². The molecule has 23 heavy (non-hydrogen) atoms. The minimum atomic E-state index is -3.48. The van der Waals surface area contributed by atoms with Crippen LogP contribution in [0.2, 0.25) is 0 Å². The maximum Gasteiger partial charge on any atom is 0.252 e. The highest BCUT2D eigenvalue weighted by atomic mass is 35.5. The molecule has 2 rings (SSSR count). The fourth-order valence-corrected chi connectivity index (χ4v) is 5.80. The summed E-state index contributed by atoms with van der Waals surface area (Å²) in [7, 11) is -6.69. The Hall–Kier alpha value is -0.230. The third kappa shape index (κ3) is 5.38. The van der Waals surface area contributed by atoms with Crippen LogP contribution >= 0.6 is 23.7 Å². The van der Waals surface area contributed by atoms with Crippen LogP contribution in [-0.2, 0) is 26.5 Å². The smallest absolute Gasteiger partial charge is 0.252 e. The van der Waals surface area contributed by atoms with Gasteiger partial charge in [0.2, 0.25) is 10.0 Å². The van der Waals surface area contributed by atoms with Gasteiger partial charge < -0.3 is 5.73 Å². The molecule has 1 aromatic heterocycles. The van der Waals surface area contributed by atoms with Crippen LogP contribution in [0.3, 0.4) is 0 Å². The second-order valence-electron chi connectivity index (χ2n) is 5.18. The quantitative estimate of drug-likeness (QED) is 0.683. The molecule has 11 heteroatoms. The van der Waals surface area contributed by atoms with Crippen LogP contribution in [0.1, 0.15) is 18.2 Å². The van der Waals surface area contributed by atoms with E-state index in [-0.39, 0.29) is 35.0 Å². The maximum absolute atomic E-state index is 12.4. The summed E-state index contributed by atoms with van der Waals surface area (Å²) in [4.78, 5) is 0.834. The SMILES string of the molecule is CCS(=O)(=O)NCCc1ccc(S(=O)(=O)N2CC[C@@H](N)C2)s1.Cl. The van der Waals surface area contributed by atoms with E-state index < -0.39 is 20.0 Å². The molecule has 0 amide bonds. The van der Waals surface area contributed by atoms with Crippen molar-refractivity contribution in [2.45, 2.75) is 30.0 Å². The summed E-state index contributed by atoms with van der Waals surface area (Å²) >= 11 is 1.18. The topological polar surface area (TPSA) is 110 Å². The molecule has 2 heterocycles. The van der Waals surface area contributed by atoms with Crippen LogP contribution in [0.4, 0.5) is 0 Å². The standard InChI is InChI=1S/C12H21N3O4S3.ClH/c1-2-21(16,17)14-7-5-11-3-4-12(20-11)22(18,19)15-8-6-10(13)9-15;/h3-4,10,14H,2,5-9,13H2,1H3;1H/t10-;/m1./s1. The molecule has 1 aliphatic rings. The first kappa shape index (κ1) is 20.8. The Morgan fingerprint density at radius 1 is 1.35 bits per heavy atom. The van der Waals surface area contributed by atoms with Gasteiger partial charge in [0.25, 0.3) is 10.0 Å². The van der Waals surface area contributed by atoms with Crippen molar-refractivity contribution in [2.24, 2.45) is 5.73 Å². The van der Waals surface area contributed by atoms with Crippen LogP contribution in [0.25, 0.3) is 0 Å². The zero-order chi connectivity index (χ0) is 16.4. The Balaban J connectivity index is 0.00000264. The van der Waals surface area contributed by atoms with Crippen molar-refractivity contribution >= 4 is 43.8 Å². The molecular formula is C12H22ClN3O4S3. The maximum atomic E-state index is 12.4. The summed E-state index contributed by atoms with van der Waals surface area (Å²) in [6.07, 6.45) is 1.15. The number of halogens is 1. The molecule has 0 aromatic carbocycles. The molecule has 7 nitrogen and oxygen atoms in total. The number of rotatable bonds is 7. The highest BCUT2D eigenvalue weighted by Gasteiger charge is 2.31. The summed E-state index contributed by atoms with van der Waals surface area (Å²) in [5.74, 6) is 0.0340. The predicted molar refractivity (Wildman–Crippen MR) is 94.1 cm³/mol. The van der Waals surface area contributed by atoms with E-state index in [1.54, 1.807) is 19.1 Å². The van der Waals surface area contributed by atoms with Gasteiger partial charge in [-0.05, 0) is 31.9 Å². The van der Waals surface area contributed by atoms with E-state index in [0.29, 0.717) is 25.9 Å². The predicted octanol–water partition coefficient (Wildman–Crippen LogP) is 0.373. The second kappa shape index (κ2) is 8.24. The normalized spacial score (nSPS) is 19.7. The zero-order valence-corrected chi connectivity index (χ0v) is 16.0. The second-order valence-corrected chi connectivity index (χ2v) is 10.6. The first-order valence-electron chi connectivity index (χ1n) is 7.06. The van der Waals surface area contributed by atoms with Gasteiger partial charge in [0, 0.05) is 30.6 Å². The van der Waals surface area contributed by atoms with Crippen LogP contribution in [0, 0.1) is 0 Å². The molecule has 3 N–H and O–H groups in total.